The lowest BCUT2D eigenvalue weighted by Crippen LogP contribution is -2.29. The van der Waals surface area contributed by atoms with Crippen molar-refractivity contribution in [3.8, 4) is 0 Å². The first-order valence-corrected chi connectivity index (χ1v) is 7.39. The first kappa shape index (κ1) is 16.0. The van der Waals surface area contributed by atoms with Crippen molar-refractivity contribution < 1.29 is 4.39 Å². The maximum atomic E-state index is 13.1. The molecule has 0 amide bonds. The van der Waals surface area contributed by atoms with Gasteiger partial charge in [-0.3, -0.25) is 11.3 Å². The topological polar surface area (TPSA) is 38.0 Å². The molecule has 0 radical (unpaired) electrons. The van der Waals surface area contributed by atoms with Crippen LogP contribution in [0.5, 0.6) is 0 Å². The smallest absolute Gasteiger partial charge is 0.124 e. The highest BCUT2D eigenvalue weighted by atomic mass is 35.5. The van der Waals surface area contributed by atoms with Gasteiger partial charge in [0.05, 0.1) is 6.04 Å². The summed E-state index contributed by atoms with van der Waals surface area (Å²) in [4.78, 5) is 0. The lowest BCUT2D eigenvalue weighted by Gasteiger charge is -2.18. The second-order valence-corrected chi connectivity index (χ2v) is 5.89. The number of rotatable bonds is 5. The largest absolute Gasteiger partial charge is 0.271 e. The quantitative estimate of drug-likeness (QED) is 0.636. The van der Waals surface area contributed by atoms with Crippen molar-refractivity contribution in [1.82, 2.24) is 5.43 Å². The van der Waals surface area contributed by atoms with Crippen LogP contribution in [-0.2, 0) is 6.42 Å². The third-order valence-corrected chi connectivity index (χ3v) is 4.00. The van der Waals surface area contributed by atoms with E-state index in [0.29, 0.717) is 17.4 Å². The lowest BCUT2D eigenvalue weighted by molar-refractivity contribution is 0.550. The summed E-state index contributed by atoms with van der Waals surface area (Å²) in [6.45, 7) is 4.32. The van der Waals surface area contributed by atoms with Crippen molar-refractivity contribution >= 4 is 11.6 Å². The Balaban J connectivity index is 2.19. The average molecular weight is 307 g/mol. The van der Waals surface area contributed by atoms with Gasteiger partial charge in [-0.05, 0) is 41.2 Å². The van der Waals surface area contributed by atoms with E-state index in [1.807, 2.05) is 0 Å². The maximum Gasteiger partial charge on any atom is 0.124 e. The molecule has 0 heterocycles. The van der Waals surface area contributed by atoms with Crippen LogP contribution in [0.4, 0.5) is 4.39 Å². The average Bonchev–Trinajstić information content (AvgIpc) is 2.47. The number of halogens is 2. The van der Waals surface area contributed by atoms with Crippen LogP contribution >= 0.6 is 11.6 Å². The number of hydrazine groups is 1. The van der Waals surface area contributed by atoms with Gasteiger partial charge in [-0.15, -0.1) is 0 Å². The van der Waals surface area contributed by atoms with E-state index < -0.39 is 0 Å². The molecule has 2 aromatic rings. The van der Waals surface area contributed by atoms with E-state index in [4.69, 9.17) is 17.4 Å². The summed E-state index contributed by atoms with van der Waals surface area (Å²) in [6.07, 6.45) is 0.608. The molecule has 2 aromatic carbocycles. The summed E-state index contributed by atoms with van der Waals surface area (Å²) < 4.78 is 13.1. The van der Waals surface area contributed by atoms with Crippen molar-refractivity contribution in [2.45, 2.75) is 32.2 Å². The van der Waals surface area contributed by atoms with Gasteiger partial charge in [0.2, 0.25) is 0 Å². The second-order valence-electron chi connectivity index (χ2n) is 5.48. The predicted molar refractivity (Wildman–Crippen MR) is 85.7 cm³/mol. The van der Waals surface area contributed by atoms with Crippen molar-refractivity contribution in [2.75, 3.05) is 0 Å². The fraction of sp³-hybridized carbons (Fsp3) is 0.294. The van der Waals surface area contributed by atoms with Crippen molar-refractivity contribution in [2.24, 2.45) is 5.84 Å². The summed E-state index contributed by atoms with van der Waals surface area (Å²) in [5.74, 6) is 5.83. The van der Waals surface area contributed by atoms with Gasteiger partial charge in [-0.2, -0.15) is 0 Å². The summed E-state index contributed by atoms with van der Waals surface area (Å²) in [7, 11) is 0. The monoisotopic (exact) mass is 306 g/mol. The second kappa shape index (κ2) is 7.03. The van der Waals surface area contributed by atoms with Crippen molar-refractivity contribution in [3.63, 3.8) is 0 Å². The molecule has 0 saturated carbocycles. The number of hydrogen-bond acceptors (Lipinski definition) is 2. The molecule has 1 atom stereocenters. The van der Waals surface area contributed by atoms with Gasteiger partial charge in [0.15, 0.2) is 0 Å². The minimum Gasteiger partial charge on any atom is -0.271 e. The molecule has 2 nitrogen and oxygen atoms in total. The SMILES string of the molecule is CC(C)c1ccc(C(Cc2ccc(F)cc2Cl)NN)cc1. The van der Waals surface area contributed by atoms with E-state index in [1.165, 1.54) is 17.7 Å². The fourth-order valence-corrected chi connectivity index (χ4v) is 2.54. The van der Waals surface area contributed by atoms with Gasteiger partial charge in [-0.25, -0.2) is 4.39 Å². The first-order valence-electron chi connectivity index (χ1n) is 7.01. The Morgan fingerprint density at radius 3 is 2.24 bits per heavy atom. The zero-order chi connectivity index (χ0) is 15.4. The summed E-state index contributed by atoms with van der Waals surface area (Å²) >= 11 is 6.08. The molecular weight excluding hydrogens is 287 g/mol. The fourth-order valence-electron chi connectivity index (χ4n) is 2.29. The van der Waals surface area contributed by atoms with E-state index in [0.717, 1.165) is 11.1 Å². The van der Waals surface area contributed by atoms with Gasteiger partial charge >= 0.3 is 0 Å². The van der Waals surface area contributed by atoms with E-state index in [2.05, 4.69) is 43.5 Å². The molecule has 0 spiro atoms. The highest BCUT2D eigenvalue weighted by molar-refractivity contribution is 6.31. The molecule has 3 N–H and O–H groups in total. The Morgan fingerprint density at radius 1 is 1.10 bits per heavy atom. The number of nitrogens with two attached hydrogens (primary N) is 1. The molecule has 0 fully saturated rings. The van der Waals surface area contributed by atoms with Crippen LogP contribution < -0.4 is 11.3 Å². The zero-order valence-corrected chi connectivity index (χ0v) is 13.0. The number of benzene rings is 2. The van der Waals surface area contributed by atoms with Gasteiger partial charge in [0.1, 0.15) is 5.82 Å². The molecule has 21 heavy (non-hydrogen) atoms. The molecule has 4 heteroatoms. The van der Waals surface area contributed by atoms with Gasteiger partial charge in [0.25, 0.3) is 0 Å². The molecule has 1 unspecified atom stereocenters. The highest BCUT2D eigenvalue weighted by Gasteiger charge is 2.13. The Labute approximate surface area is 130 Å². The molecule has 0 aliphatic carbocycles. The third-order valence-electron chi connectivity index (χ3n) is 3.65. The van der Waals surface area contributed by atoms with Crippen LogP contribution in [0.15, 0.2) is 42.5 Å². The Hall–Kier alpha value is -1.42. The Kier molecular flexibility index (Phi) is 5.34. The molecule has 0 saturated heterocycles. The Morgan fingerprint density at radius 2 is 1.71 bits per heavy atom. The van der Waals surface area contributed by atoms with Crippen molar-refractivity contribution in [1.29, 1.82) is 0 Å². The van der Waals surface area contributed by atoms with Gasteiger partial charge in [-0.1, -0.05) is 55.8 Å². The van der Waals surface area contributed by atoms with E-state index in [-0.39, 0.29) is 11.9 Å². The number of hydrogen-bond donors (Lipinski definition) is 2. The zero-order valence-electron chi connectivity index (χ0n) is 12.2. The summed E-state index contributed by atoms with van der Waals surface area (Å²) in [5, 5.41) is 0.425. The minimum absolute atomic E-state index is 0.0610. The molecule has 0 aliphatic heterocycles. The molecule has 112 valence electrons. The first-order chi connectivity index (χ1) is 10.0. The molecule has 0 aliphatic rings. The summed E-state index contributed by atoms with van der Waals surface area (Å²) in [5.41, 5.74) is 6.05. The maximum absolute atomic E-state index is 13.1. The van der Waals surface area contributed by atoms with Crippen molar-refractivity contribution in [3.05, 3.63) is 70.0 Å². The predicted octanol–water partition coefficient (Wildman–Crippen LogP) is 4.35. The molecule has 0 aromatic heterocycles. The third kappa shape index (κ3) is 4.03. The Bertz CT molecular complexity index is 596. The van der Waals surface area contributed by atoms with E-state index in [9.17, 15) is 4.39 Å². The van der Waals surface area contributed by atoms with Crippen LogP contribution in [0, 0.1) is 5.82 Å². The van der Waals surface area contributed by atoms with Gasteiger partial charge < -0.3 is 0 Å². The molecule has 0 bridgehead atoms. The van der Waals surface area contributed by atoms with E-state index in [1.54, 1.807) is 6.07 Å². The normalized spacial score (nSPS) is 12.7. The molecular formula is C17H20ClFN2. The van der Waals surface area contributed by atoms with Crippen LogP contribution in [0.2, 0.25) is 5.02 Å². The molecule has 2 rings (SSSR count). The number of nitrogens with one attached hydrogen (secondary N) is 1. The van der Waals surface area contributed by atoms with Crippen LogP contribution in [-0.4, -0.2) is 0 Å². The standard InChI is InChI=1S/C17H20ClFN2/c1-11(2)12-3-5-13(6-4-12)17(21-20)9-14-7-8-15(19)10-16(14)18/h3-8,10-11,17,21H,9,20H2,1-2H3. The van der Waals surface area contributed by atoms with Crippen LogP contribution in [0.1, 0.15) is 42.5 Å². The summed E-state index contributed by atoms with van der Waals surface area (Å²) in [6, 6.07) is 12.7. The van der Waals surface area contributed by atoms with E-state index >= 15 is 0 Å². The van der Waals surface area contributed by atoms with Crippen LogP contribution in [0.3, 0.4) is 0 Å². The van der Waals surface area contributed by atoms with Gasteiger partial charge in [0, 0.05) is 5.02 Å². The minimum atomic E-state index is -0.331. The lowest BCUT2D eigenvalue weighted by atomic mass is 9.96. The van der Waals surface area contributed by atoms with Crippen LogP contribution in [0.25, 0.3) is 0 Å². The highest BCUT2D eigenvalue weighted by Crippen LogP contribution is 2.25.